The predicted octanol–water partition coefficient (Wildman–Crippen LogP) is 5.91. The van der Waals surface area contributed by atoms with Crippen molar-refractivity contribution in [2.75, 3.05) is 5.75 Å². The van der Waals surface area contributed by atoms with Crippen molar-refractivity contribution in [1.29, 1.82) is 0 Å². The van der Waals surface area contributed by atoms with Crippen LogP contribution in [0.25, 0.3) is 0 Å². The molecule has 1 aromatic carbocycles. The van der Waals surface area contributed by atoms with E-state index < -0.39 is 41.9 Å². The fraction of sp³-hybridized carbons (Fsp3) is 0.500. The Kier molecular flexibility index (Phi) is 16.5. The molecule has 0 saturated heterocycles. The van der Waals surface area contributed by atoms with Gasteiger partial charge in [0, 0.05) is 17.6 Å². The Morgan fingerprint density at radius 2 is 1.82 bits per heavy atom. The number of hydrogen-bond donors (Lipinski definition) is 4. The van der Waals surface area contributed by atoms with Crippen LogP contribution in [0.1, 0.15) is 106 Å². The van der Waals surface area contributed by atoms with E-state index in [4.69, 9.17) is 4.74 Å². The number of thiazole rings is 1. The van der Waals surface area contributed by atoms with Crippen LogP contribution < -0.4 is 16.0 Å². The maximum atomic E-state index is 13.5. The van der Waals surface area contributed by atoms with Crippen LogP contribution in [0.3, 0.4) is 0 Å². The lowest BCUT2D eigenvalue weighted by molar-refractivity contribution is -0.153. The summed E-state index contributed by atoms with van der Waals surface area (Å²) in [4.78, 5) is 70.0. The zero-order valence-corrected chi connectivity index (χ0v) is 30.3. The zero-order chi connectivity index (χ0) is 35.8. The van der Waals surface area contributed by atoms with Crippen molar-refractivity contribution >= 4 is 51.9 Å². The van der Waals surface area contributed by atoms with Gasteiger partial charge in [-0.25, -0.2) is 9.78 Å². The monoisotopic (exact) mass is 712 g/mol. The first-order chi connectivity index (χ1) is 23.5. The van der Waals surface area contributed by atoms with E-state index in [1.807, 2.05) is 0 Å². The fourth-order valence-electron chi connectivity index (χ4n) is 5.02. The number of hydrogen-bond acceptors (Lipinski definition) is 10. The van der Waals surface area contributed by atoms with E-state index in [1.54, 1.807) is 62.6 Å². The van der Waals surface area contributed by atoms with Gasteiger partial charge in [0.2, 0.25) is 5.91 Å². The zero-order valence-electron chi connectivity index (χ0n) is 28.7. The minimum atomic E-state index is -1.06. The van der Waals surface area contributed by atoms with Crippen LogP contribution >= 0.6 is 23.1 Å². The number of esters is 1. The molecule has 1 aromatic heterocycles. The number of fused-ring (bicyclic) bond motifs is 2. The summed E-state index contributed by atoms with van der Waals surface area (Å²) in [5.74, 6) is -2.15. The minimum absolute atomic E-state index is 0.0523. The molecule has 0 aliphatic carbocycles. The third kappa shape index (κ3) is 13.5. The Labute approximate surface area is 296 Å². The van der Waals surface area contributed by atoms with Gasteiger partial charge in [0.25, 0.3) is 11.8 Å². The number of amides is 3. The van der Waals surface area contributed by atoms with Crippen molar-refractivity contribution in [3.63, 3.8) is 0 Å². The quantitative estimate of drug-likeness (QED) is 0.0856. The average Bonchev–Trinajstić information content (AvgIpc) is 3.56. The Bertz CT molecular complexity index is 1490. The molecular formula is C36H48N4O7S2. The summed E-state index contributed by atoms with van der Waals surface area (Å²) in [6.07, 6.45) is 10.5. The highest BCUT2D eigenvalue weighted by Crippen LogP contribution is 2.25. The Hall–Kier alpha value is -3.97. The molecule has 0 unspecified atom stereocenters. The van der Waals surface area contributed by atoms with Crippen LogP contribution in [0.5, 0.6) is 5.75 Å². The van der Waals surface area contributed by atoms with E-state index >= 15 is 0 Å². The highest BCUT2D eigenvalue weighted by Gasteiger charge is 2.31. The van der Waals surface area contributed by atoms with Gasteiger partial charge in [-0.15, -0.1) is 11.3 Å². The molecule has 1 aliphatic heterocycles. The molecule has 3 amide bonds. The summed E-state index contributed by atoms with van der Waals surface area (Å²) in [6.45, 7) is 7.24. The summed E-state index contributed by atoms with van der Waals surface area (Å²) in [5.41, 5.74) is 0.823. The van der Waals surface area contributed by atoms with Crippen molar-refractivity contribution in [2.45, 2.75) is 104 Å². The lowest BCUT2D eigenvalue weighted by atomic mass is 10.0. The molecule has 1 aliphatic rings. The van der Waals surface area contributed by atoms with E-state index in [0.29, 0.717) is 30.0 Å². The van der Waals surface area contributed by atoms with Gasteiger partial charge < -0.3 is 25.8 Å². The first kappa shape index (κ1) is 39.5. The fourth-order valence-corrected chi connectivity index (χ4v) is 6.64. The number of aromatic nitrogens is 1. The molecule has 4 N–H and O–H groups in total. The van der Waals surface area contributed by atoms with E-state index in [2.05, 4.69) is 27.9 Å². The van der Waals surface area contributed by atoms with Gasteiger partial charge >= 0.3 is 5.97 Å². The van der Waals surface area contributed by atoms with Crippen LogP contribution in [-0.2, 0) is 30.3 Å². The number of allylic oxidation sites excluding steroid dienone is 2. The lowest BCUT2D eigenvalue weighted by Gasteiger charge is -2.25. The third-order valence-electron chi connectivity index (χ3n) is 7.79. The smallest absolute Gasteiger partial charge is 0.329 e. The summed E-state index contributed by atoms with van der Waals surface area (Å²) in [6, 6.07) is 4.84. The number of nitrogens with zero attached hydrogens (tertiary/aromatic N) is 1. The number of ether oxygens (including phenoxy) is 1. The van der Waals surface area contributed by atoms with Crippen molar-refractivity contribution < 1.29 is 33.8 Å². The van der Waals surface area contributed by atoms with Gasteiger partial charge in [0.15, 0.2) is 5.12 Å². The summed E-state index contributed by atoms with van der Waals surface area (Å²) >= 11 is 2.46. The van der Waals surface area contributed by atoms with Crippen LogP contribution in [0, 0.1) is 5.92 Å². The van der Waals surface area contributed by atoms with Gasteiger partial charge in [-0.05, 0) is 55.9 Å². The Morgan fingerprint density at radius 3 is 2.51 bits per heavy atom. The molecule has 0 radical (unpaired) electrons. The van der Waals surface area contributed by atoms with Crippen molar-refractivity contribution in [2.24, 2.45) is 5.92 Å². The maximum Gasteiger partial charge on any atom is 0.329 e. The SMILES string of the molecule is C/C=C1\NC(=O)c2csc(n2)[C@H](Cc2ccc(O)cc2)NC(=O)C[C@@H](/C=C/CCSC(=O)CCCCCCC)OC(=O)[C@H](C(C)C)NC1=O. The first-order valence-electron chi connectivity index (χ1n) is 16.8. The molecule has 2 bridgehead atoms. The molecule has 2 heterocycles. The number of carbonyl (C=O) groups is 5. The van der Waals surface area contributed by atoms with Crippen molar-refractivity contribution in [1.82, 2.24) is 20.9 Å². The molecule has 3 rings (SSSR count). The molecule has 0 fully saturated rings. The third-order valence-corrected chi connectivity index (χ3v) is 9.71. The summed E-state index contributed by atoms with van der Waals surface area (Å²) in [5, 5.41) is 20.1. The standard InChI is InChI=1S/C36H48N4O7S2/c1-5-7-8-9-10-14-31(43)48-19-12-11-13-26-21-30(42)37-28(20-24-15-17-25(41)18-16-24)35-39-29(22-49-35)34(45)38-27(6-2)33(44)40-32(23(3)4)36(46)47-26/h6,11,13,15-18,22-23,26,28,32,41H,5,7-10,12,14,19-21H2,1-4H3,(H,37,42)(H,38,45)(H,40,44)/b13-11+,27-6-/t26-,28+,32+/m1/s1. The summed E-state index contributed by atoms with van der Waals surface area (Å²) in [7, 11) is 0. The number of nitrogens with one attached hydrogen (secondary N) is 3. The molecule has 0 saturated carbocycles. The predicted molar refractivity (Wildman–Crippen MR) is 192 cm³/mol. The molecular weight excluding hydrogens is 665 g/mol. The van der Waals surface area contributed by atoms with Crippen LogP contribution in [0.2, 0.25) is 0 Å². The second-order valence-electron chi connectivity index (χ2n) is 12.2. The van der Waals surface area contributed by atoms with Gasteiger partial charge in [-0.1, -0.05) is 82.5 Å². The Balaban J connectivity index is 1.83. The number of aromatic hydroxyl groups is 1. The van der Waals surface area contributed by atoms with Crippen LogP contribution in [0.15, 0.2) is 53.6 Å². The van der Waals surface area contributed by atoms with E-state index in [-0.39, 0.29) is 34.6 Å². The Morgan fingerprint density at radius 1 is 1.08 bits per heavy atom. The number of cyclic esters (lactones) is 1. The van der Waals surface area contributed by atoms with Crippen molar-refractivity contribution in [3.8, 4) is 5.75 Å². The number of thioether (sulfide) groups is 1. The van der Waals surface area contributed by atoms with Gasteiger partial charge in [-0.2, -0.15) is 0 Å². The van der Waals surface area contributed by atoms with Gasteiger partial charge in [0.05, 0.1) is 12.5 Å². The molecule has 0 spiro atoms. The van der Waals surface area contributed by atoms with Crippen LogP contribution in [0.4, 0.5) is 0 Å². The van der Waals surface area contributed by atoms with E-state index in [0.717, 1.165) is 31.2 Å². The molecule has 2 aromatic rings. The maximum absolute atomic E-state index is 13.5. The highest BCUT2D eigenvalue weighted by atomic mass is 32.2. The number of rotatable bonds is 13. The molecule has 13 heteroatoms. The normalized spacial score (nSPS) is 20.3. The number of phenols is 1. The summed E-state index contributed by atoms with van der Waals surface area (Å²) < 4.78 is 5.82. The number of benzene rings is 1. The topological polar surface area (TPSA) is 164 Å². The molecule has 266 valence electrons. The first-order valence-corrected chi connectivity index (χ1v) is 18.7. The van der Waals surface area contributed by atoms with Gasteiger partial charge in [-0.3, -0.25) is 19.2 Å². The minimum Gasteiger partial charge on any atom is -0.508 e. The molecule has 3 atom stereocenters. The second kappa shape index (κ2) is 20.5. The number of carbonyl (C=O) groups excluding carboxylic acids is 5. The number of unbranched alkanes of at least 4 members (excludes halogenated alkanes) is 4. The van der Waals surface area contributed by atoms with Crippen molar-refractivity contribution in [3.05, 3.63) is 69.8 Å². The van der Waals surface area contributed by atoms with E-state index in [1.165, 1.54) is 35.6 Å². The number of phenolic OH excluding ortho intramolecular Hbond substituents is 1. The van der Waals surface area contributed by atoms with E-state index in [9.17, 15) is 29.1 Å². The van der Waals surface area contributed by atoms with Crippen LogP contribution in [-0.4, -0.2) is 56.8 Å². The largest absolute Gasteiger partial charge is 0.508 e. The highest BCUT2D eigenvalue weighted by molar-refractivity contribution is 8.13. The second-order valence-corrected chi connectivity index (χ2v) is 14.2. The molecule has 11 nitrogen and oxygen atoms in total. The lowest BCUT2D eigenvalue weighted by Crippen LogP contribution is -2.48. The average molecular weight is 713 g/mol. The molecule has 49 heavy (non-hydrogen) atoms. The van der Waals surface area contributed by atoms with Gasteiger partial charge in [0.1, 0.15) is 34.3 Å².